The molecule has 1 aliphatic rings. The van der Waals surface area contributed by atoms with Gasteiger partial charge in [0.05, 0.1) is 44.6 Å². The number of phosphoric acid groups is 1. The molecule has 1 unspecified atom stereocenters. The van der Waals surface area contributed by atoms with Crippen molar-refractivity contribution in [1.29, 1.82) is 0 Å². The van der Waals surface area contributed by atoms with Crippen LogP contribution in [0.25, 0.3) is 0 Å². The van der Waals surface area contributed by atoms with Crippen molar-refractivity contribution in [3.8, 4) is 0 Å². The van der Waals surface area contributed by atoms with Gasteiger partial charge in [-0.05, 0) is 50.9 Å². The van der Waals surface area contributed by atoms with Gasteiger partial charge in [0.15, 0.2) is 6.10 Å². The number of hydrogen-bond donors (Lipinski definition) is 6. The number of phosphoric ester groups is 1. The summed E-state index contributed by atoms with van der Waals surface area (Å²) in [5.74, 6) is -1.92. The molecule has 8 atom stereocenters. The molecule has 0 heterocycles. The van der Waals surface area contributed by atoms with Crippen molar-refractivity contribution in [2.75, 3.05) is 26.4 Å². The highest BCUT2D eigenvalue weighted by Gasteiger charge is 2.39. The van der Waals surface area contributed by atoms with Crippen LogP contribution < -0.4 is 0 Å². The van der Waals surface area contributed by atoms with E-state index in [9.17, 15) is 39.5 Å². The first kappa shape index (κ1) is 50.1. The van der Waals surface area contributed by atoms with E-state index in [0.717, 1.165) is 57.8 Å². The highest BCUT2D eigenvalue weighted by molar-refractivity contribution is 7.47. The van der Waals surface area contributed by atoms with E-state index < -0.39 is 76.7 Å². The Kier molecular flexibility index (Phi) is 28.9. The van der Waals surface area contributed by atoms with Crippen molar-refractivity contribution < 1.29 is 63.1 Å². The molecule has 0 aromatic carbocycles. The van der Waals surface area contributed by atoms with Crippen LogP contribution in [-0.4, -0.2) is 99.3 Å². The van der Waals surface area contributed by atoms with Crippen LogP contribution >= 0.6 is 7.82 Å². The maximum atomic E-state index is 12.7. The van der Waals surface area contributed by atoms with Crippen molar-refractivity contribution >= 4 is 19.8 Å². The van der Waals surface area contributed by atoms with Gasteiger partial charge in [-0.3, -0.25) is 18.6 Å². The first-order valence-corrected chi connectivity index (χ1v) is 21.7. The number of unbranched alkanes of at least 4 members (excludes halogenated alkanes) is 11. The van der Waals surface area contributed by atoms with Crippen molar-refractivity contribution in [1.82, 2.24) is 0 Å². The molecule has 0 aromatic rings. The lowest BCUT2D eigenvalue weighted by atomic mass is 9.89. The minimum atomic E-state index is -4.71. The van der Waals surface area contributed by atoms with Gasteiger partial charge >= 0.3 is 19.8 Å². The molecule has 13 nitrogen and oxygen atoms in total. The molecular formula is C40H71O13P. The van der Waals surface area contributed by atoms with E-state index in [0.29, 0.717) is 19.3 Å². The summed E-state index contributed by atoms with van der Waals surface area (Å²) in [6.45, 7) is 1.85. The Morgan fingerprint density at radius 1 is 0.778 bits per heavy atom. The van der Waals surface area contributed by atoms with Crippen LogP contribution in [0.2, 0.25) is 0 Å². The van der Waals surface area contributed by atoms with Crippen LogP contribution in [-0.2, 0) is 32.7 Å². The van der Waals surface area contributed by atoms with E-state index >= 15 is 0 Å². The van der Waals surface area contributed by atoms with E-state index in [1.807, 2.05) is 0 Å². The van der Waals surface area contributed by atoms with Crippen LogP contribution in [0.15, 0.2) is 36.5 Å². The molecule has 54 heavy (non-hydrogen) atoms. The quantitative estimate of drug-likeness (QED) is 0.0185. The fourth-order valence-corrected chi connectivity index (χ4v) is 6.93. The summed E-state index contributed by atoms with van der Waals surface area (Å²) in [6, 6.07) is 0. The highest BCUT2D eigenvalue weighted by atomic mass is 31.2. The molecule has 1 saturated carbocycles. The lowest BCUT2D eigenvalue weighted by Gasteiger charge is -2.20. The van der Waals surface area contributed by atoms with Gasteiger partial charge in [-0.2, -0.15) is 0 Å². The van der Waals surface area contributed by atoms with E-state index in [2.05, 4.69) is 30.5 Å². The zero-order valence-electron chi connectivity index (χ0n) is 32.8. The molecule has 1 fully saturated rings. The molecule has 0 aliphatic heterocycles. The minimum Gasteiger partial charge on any atom is -0.462 e. The number of hydrogen-bond acceptors (Lipinski definition) is 12. The normalized spacial score (nSPS) is 21.9. The Labute approximate surface area is 323 Å². The van der Waals surface area contributed by atoms with Gasteiger partial charge in [-0.1, -0.05) is 108 Å². The monoisotopic (exact) mass is 790 g/mol. The van der Waals surface area contributed by atoms with Gasteiger partial charge in [0.25, 0.3) is 0 Å². The Morgan fingerprint density at radius 3 is 2.09 bits per heavy atom. The maximum absolute atomic E-state index is 12.7. The Hall–Kier alpha value is -1.93. The van der Waals surface area contributed by atoms with Crippen molar-refractivity contribution in [3.05, 3.63) is 36.5 Å². The van der Waals surface area contributed by atoms with Crippen LogP contribution in [0.1, 0.15) is 136 Å². The second-order valence-electron chi connectivity index (χ2n) is 14.3. The fraction of sp³-hybridized carbons (Fsp3) is 0.800. The summed E-state index contributed by atoms with van der Waals surface area (Å²) in [6.07, 6.45) is 22.4. The number of allylic oxidation sites excluding steroid dienone is 3. The zero-order chi connectivity index (χ0) is 40.0. The Morgan fingerprint density at radius 2 is 1.41 bits per heavy atom. The summed E-state index contributed by atoms with van der Waals surface area (Å²) >= 11 is 0. The maximum Gasteiger partial charge on any atom is 0.472 e. The molecule has 14 heteroatoms. The molecule has 1 rings (SSSR count). The lowest BCUT2D eigenvalue weighted by Crippen LogP contribution is -2.29. The number of aliphatic hydroxyl groups excluding tert-OH is 5. The smallest absolute Gasteiger partial charge is 0.462 e. The molecule has 314 valence electrons. The second kappa shape index (κ2) is 31.2. The van der Waals surface area contributed by atoms with Gasteiger partial charge in [0.2, 0.25) is 0 Å². The Balaban J connectivity index is 2.59. The topological polar surface area (TPSA) is 210 Å². The minimum absolute atomic E-state index is 0.165. The molecule has 0 saturated heterocycles. The summed E-state index contributed by atoms with van der Waals surface area (Å²) in [4.78, 5) is 35.1. The average molecular weight is 791 g/mol. The molecule has 6 N–H and O–H groups in total. The lowest BCUT2D eigenvalue weighted by molar-refractivity contribution is -0.160. The number of carbonyl (C=O) groups is 2. The molecule has 0 spiro atoms. The van der Waals surface area contributed by atoms with Crippen LogP contribution in [0.4, 0.5) is 0 Å². The predicted octanol–water partition coefficient (Wildman–Crippen LogP) is 6.38. The molecule has 0 aromatic heterocycles. The third-order valence-electron chi connectivity index (χ3n) is 9.37. The summed E-state index contributed by atoms with van der Waals surface area (Å²) < 4.78 is 32.5. The molecule has 0 amide bonds. The summed E-state index contributed by atoms with van der Waals surface area (Å²) in [5.41, 5.74) is 0. The van der Waals surface area contributed by atoms with E-state index in [1.54, 1.807) is 24.3 Å². The van der Waals surface area contributed by atoms with Gasteiger partial charge in [-0.25, -0.2) is 4.57 Å². The van der Waals surface area contributed by atoms with Gasteiger partial charge in [0.1, 0.15) is 12.7 Å². The van der Waals surface area contributed by atoms with Crippen LogP contribution in [0, 0.1) is 11.8 Å². The van der Waals surface area contributed by atoms with E-state index in [4.69, 9.17) is 19.1 Å². The molecule has 0 radical (unpaired) electrons. The molecule has 1 aliphatic carbocycles. The van der Waals surface area contributed by atoms with Crippen molar-refractivity contribution in [2.24, 2.45) is 11.8 Å². The number of ether oxygens (including phenoxy) is 2. The van der Waals surface area contributed by atoms with Gasteiger partial charge < -0.3 is 39.9 Å². The highest BCUT2D eigenvalue weighted by Crippen LogP contribution is 2.43. The first-order chi connectivity index (χ1) is 25.9. The number of rotatable bonds is 33. The predicted molar refractivity (Wildman–Crippen MR) is 207 cm³/mol. The van der Waals surface area contributed by atoms with Gasteiger partial charge in [0, 0.05) is 18.8 Å². The third kappa shape index (κ3) is 25.3. The van der Waals surface area contributed by atoms with E-state index in [1.165, 1.54) is 25.7 Å². The van der Waals surface area contributed by atoms with Crippen LogP contribution in [0.3, 0.4) is 0 Å². The number of aliphatic hydroxyl groups is 5. The van der Waals surface area contributed by atoms with Crippen molar-refractivity contribution in [2.45, 2.75) is 166 Å². The summed E-state index contributed by atoms with van der Waals surface area (Å²) in [7, 11) is -4.71. The van der Waals surface area contributed by atoms with Crippen molar-refractivity contribution in [3.63, 3.8) is 0 Å². The molecule has 0 bridgehead atoms. The summed E-state index contributed by atoms with van der Waals surface area (Å²) in [5, 5.41) is 49.6. The SMILES string of the molecule is CCCCCC/C=C\CCCCCCCC(=O)OC[C@H](COP(=O)(O)OC[C@@H](O)CO)OC(=O)C/C=C\C[C@H]1[C@@H](/C=C/[C@H](O)CCCCC)[C@H](O)C[C@@H]1O. The standard InChI is InChI=1S/C40H71O13P/c1-3-5-7-8-9-10-11-12-13-14-15-16-18-23-39(46)50-30-34(31-52-54(48,49)51-29-33(43)28-41)53-40(47)24-20-19-22-35-36(38(45)27-37(35)44)26-25-32(42)21-17-6-4-2/h10-11,19-20,25-26,32-38,41-45H,3-9,12-18,21-24,27-31H2,1-2H3,(H,48,49)/b11-10-,20-19-,26-25+/t32-,33+,34-,35+,36-,37+,38-/m1/s1. The van der Waals surface area contributed by atoms with Gasteiger partial charge in [-0.15, -0.1) is 0 Å². The van der Waals surface area contributed by atoms with Crippen LogP contribution in [0.5, 0.6) is 0 Å². The Bertz CT molecular complexity index is 1110. The first-order valence-electron chi connectivity index (χ1n) is 20.2. The zero-order valence-corrected chi connectivity index (χ0v) is 33.7. The average Bonchev–Trinajstić information content (AvgIpc) is 3.41. The third-order valence-corrected chi connectivity index (χ3v) is 10.3. The number of carbonyl (C=O) groups excluding carboxylic acids is 2. The largest absolute Gasteiger partial charge is 0.472 e. The second-order valence-corrected chi connectivity index (χ2v) is 15.7. The molecular weight excluding hydrogens is 719 g/mol. The van der Waals surface area contributed by atoms with E-state index in [-0.39, 0.29) is 31.1 Å². The number of esters is 2. The fourth-order valence-electron chi connectivity index (χ4n) is 6.14.